The predicted molar refractivity (Wildman–Crippen MR) is 74.1 cm³/mol. The molecule has 0 radical (unpaired) electrons. The Hall–Kier alpha value is -1.72. The molecule has 1 unspecified atom stereocenters. The zero-order valence-corrected chi connectivity index (χ0v) is 12.5. The molecule has 3 nitrogen and oxygen atoms in total. The van der Waals surface area contributed by atoms with Crippen molar-refractivity contribution in [3.63, 3.8) is 0 Å². The highest BCUT2D eigenvalue weighted by atomic mass is 19.4. The molecule has 0 aliphatic carbocycles. The summed E-state index contributed by atoms with van der Waals surface area (Å²) in [6, 6.07) is 7.13. The van der Waals surface area contributed by atoms with Crippen LogP contribution < -0.4 is 5.32 Å². The van der Waals surface area contributed by atoms with E-state index in [0.717, 1.165) is 11.1 Å². The molecule has 0 aliphatic rings. The van der Waals surface area contributed by atoms with Crippen molar-refractivity contribution in [1.29, 1.82) is 0 Å². The van der Waals surface area contributed by atoms with E-state index in [1.54, 1.807) is 6.92 Å². The van der Waals surface area contributed by atoms with E-state index in [-0.39, 0.29) is 5.41 Å². The normalized spacial score (nSPS) is 13.7. The zero-order chi connectivity index (χ0) is 16.3. The molecule has 0 fully saturated rings. The fourth-order valence-corrected chi connectivity index (χ4v) is 1.72. The summed E-state index contributed by atoms with van der Waals surface area (Å²) in [7, 11) is 0. The maximum atomic E-state index is 11.9. The first kappa shape index (κ1) is 17.3. The molecule has 0 spiro atoms. The smallest absolute Gasteiger partial charge is 0.422 e. The van der Waals surface area contributed by atoms with E-state index in [2.05, 4.69) is 30.8 Å². The van der Waals surface area contributed by atoms with Gasteiger partial charge in [0.1, 0.15) is 0 Å². The van der Waals surface area contributed by atoms with Gasteiger partial charge < -0.3 is 10.1 Å². The van der Waals surface area contributed by atoms with Crippen LogP contribution in [0.25, 0.3) is 0 Å². The molecule has 6 heteroatoms. The molecule has 0 aliphatic heterocycles. The number of halogens is 3. The second kappa shape index (κ2) is 6.37. The second-order valence-electron chi connectivity index (χ2n) is 5.93. The third-order valence-corrected chi connectivity index (χ3v) is 2.98. The average Bonchev–Trinajstić information content (AvgIpc) is 2.34. The standard InChI is InChI=1S/C15H20F3NO2/c1-10(19-13(20)21-9-15(16,17)18)11-5-7-12(8-6-11)14(2,3)4/h5-8,10H,9H2,1-4H3,(H,19,20). The van der Waals surface area contributed by atoms with Gasteiger partial charge >= 0.3 is 12.3 Å². The third-order valence-electron chi connectivity index (χ3n) is 2.98. The van der Waals surface area contributed by atoms with Crippen LogP contribution in [0.2, 0.25) is 0 Å². The van der Waals surface area contributed by atoms with Gasteiger partial charge in [0.2, 0.25) is 0 Å². The Kier molecular flexibility index (Phi) is 5.25. The molecular weight excluding hydrogens is 283 g/mol. The molecule has 0 bridgehead atoms. The van der Waals surface area contributed by atoms with Gasteiger partial charge in [0.05, 0.1) is 6.04 Å². The molecule has 1 aromatic carbocycles. The van der Waals surface area contributed by atoms with Crippen LogP contribution in [0.4, 0.5) is 18.0 Å². The molecule has 0 saturated heterocycles. The predicted octanol–water partition coefficient (Wildman–Crippen LogP) is 4.33. The first-order valence-electron chi connectivity index (χ1n) is 6.59. The van der Waals surface area contributed by atoms with Gasteiger partial charge in [-0.25, -0.2) is 4.79 Å². The van der Waals surface area contributed by atoms with Crippen molar-refractivity contribution in [2.45, 2.75) is 45.3 Å². The van der Waals surface area contributed by atoms with E-state index in [1.165, 1.54) is 0 Å². The first-order valence-corrected chi connectivity index (χ1v) is 6.59. The van der Waals surface area contributed by atoms with Gasteiger partial charge in [-0.1, -0.05) is 45.0 Å². The van der Waals surface area contributed by atoms with Crippen molar-refractivity contribution in [2.24, 2.45) is 0 Å². The zero-order valence-electron chi connectivity index (χ0n) is 12.5. The van der Waals surface area contributed by atoms with Gasteiger partial charge in [0.25, 0.3) is 0 Å². The highest BCUT2D eigenvalue weighted by Crippen LogP contribution is 2.24. The van der Waals surface area contributed by atoms with Crippen LogP contribution in [0.5, 0.6) is 0 Å². The van der Waals surface area contributed by atoms with E-state index in [9.17, 15) is 18.0 Å². The number of alkyl halides is 3. The topological polar surface area (TPSA) is 38.3 Å². The molecule has 1 aromatic rings. The Morgan fingerprint density at radius 3 is 2.14 bits per heavy atom. The maximum absolute atomic E-state index is 11.9. The van der Waals surface area contributed by atoms with Crippen LogP contribution in [-0.4, -0.2) is 18.9 Å². The van der Waals surface area contributed by atoms with Crippen molar-refractivity contribution < 1.29 is 22.7 Å². The van der Waals surface area contributed by atoms with Crippen LogP contribution in [0.1, 0.15) is 44.9 Å². The highest BCUT2D eigenvalue weighted by molar-refractivity contribution is 5.67. The molecule has 1 amide bonds. The van der Waals surface area contributed by atoms with Crippen LogP contribution >= 0.6 is 0 Å². The summed E-state index contributed by atoms with van der Waals surface area (Å²) < 4.78 is 39.9. The Morgan fingerprint density at radius 2 is 1.71 bits per heavy atom. The summed E-state index contributed by atoms with van der Waals surface area (Å²) in [5, 5.41) is 2.37. The minimum atomic E-state index is -4.52. The first-order chi connectivity index (χ1) is 9.49. The number of rotatable bonds is 3. The van der Waals surface area contributed by atoms with Crippen molar-refractivity contribution in [1.82, 2.24) is 5.32 Å². The van der Waals surface area contributed by atoms with Gasteiger partial charge in [-0.15, -0.1) is 0 Å². The van der Waals surface area contributed by atoms with E-state index in [4.69, 9.17) is 0 Å². The second-order valence-corrected chi connectivity index (χ2v) is 5.93. The summed E-state index contributed by atoms with van der Waals surface area (Å²) in [4.78, 5) is 11.3. The van der Waals surface area contributed by atoms with Gasteiger partial charge in [0, 0.05) is 0 Å². The van der Waals surface area contributed by atoms with E-state index < -0.39 is 24.9 Å². The molecule has 1 N–H and O–H groups in total. The van der Waals surface area contributed by atoms with E-state index >= 15 is 0 Å². The van der Waals surface area contributed by atoms with Gasteiger partial charge in [0.15, 0.2) is 6.61 Å². The van der Waals surface area contributed by atoms with Crippen molar-refractivity contribution in [3.8, 4) is 0 Å². The molecule has 118 valence electrons. The van der Waals surface area contributed by atoms with Gasteiger partial charge in [-0.3, -0.25) is 0 Å². The largest absolute Gasteiger partial charge is 0.440 e. The summed E-state index contributed by atoms with van der Waals surface area (Å²) in [6.45, 7) is 6.34. The number of nitrogens with one attached hydrogen (secondary N) is 1. The minimum absolute atomic E-state index is 0.0147. The van der Waals surface area contributed by atoms with Crippen LogP contribution in [-0.2, 0) is 10.2 Å². The number of amides is 1. The lowest BCUT2D eigenvalue weighted by Gasteiger charge is -2.20. The summed E-state index contributed by atoms with van der Waals surface area (Å²) in [6.07, 6.45) is -5.60. The Balaban J connectivity index is 2.59. The lowest BCUT2D eigenvalue weighted by molar-refractivity contribution is -0.160. The number of hydrogen-bond acceptors (Lipinski definition) is 2. The van der Waals surface area contributed by atoms with E-state index in [0.29, 0.717) is 0 Å². The lowest BCUT2D eigenvalue weighted by atomic mass is 9.86. The fourth-order valence-electron chi connectivity index (χ4n) is 1.72. The van der Waals surface area contributed by atoms with Crippen LogP contribution in [0, 0.1) is 0 Å². The minimum Gasteiger partial charge on any atom is -0.440 e. The molecule has 21 heavy (non-hydrogen) atoms. The Labute approximate surface area is 122 Å². The number of benzene rings is 1. The number of ether oxygens (including phenoxy) is 1. The fraction of sp³-hybridized carbons (Fsp3) is 0.533. The maximum Gasteiger partial charge on any atom is 0.422 e. The monoisotopic (exact) mass is 303 g/mol. The van der Waals surface area contributed by atoms with Gasteiger partial charge in [-0.2, -0.15) is 13.2 Å². The van der Waals surface area contributed by atoms with Crippen molar-refractivity contribution in [3.05, 3.63) is 35.4 Å². The molecule has 0 saturated carbocycles. The number of carbonyl (C=O) groups is 1. The summed E-state index contributed by atoms with van der Waals surface area (Å²) in [5.74, 6) is 0. The van der Waals surface area contributed by atoms with Crippen LogP contribution in [0.3, 0.4) is 0 Å². The molecule has 1 rings (SSSR count). The Bertz CT molecular complexity index is 475. The summed E-state index contributed by atoms with van der Waals surface area (Å²) in [5.41, 5.74) is 1.95. The number of hydrogen-bond donors (Lipinski definition) is 1. The average molecular weight is 303 g/mol. The number of alkyl carbamates (subject to hydrolysis) is 1. The molecule has 0 aromatic heterocycles. The molecule has 0 heterocycles. The number of carbonyl (C=O) groups excluding carboxylic acids is 1. The van der Waals surface area contributed by atoms with E-state index in [1.807, 2.05) is 24.3 Å². The van der Waals surface area contributed by atoms with Crippen molar-refractivity contribution in [2.75, 3.05) is 6.61 Å². The highest BCUT2D eigenvalue weighted by Gasteiger charge is 2.29. The molecule has 1 atom stereocenters. The van der Waals surface area contributed by atoms with Crippen molar-refractivity contribution >= 4 is 6.09 Å². The van der Waals surface area contributed by atoms with Gasteiger partial charge in [-0.05, 0) is 23.5 Å². The molecular formula is C15H20F3NO2. The summed E-state index contributed by atoms with van der Waals surface area (Å²) >= 11 is 0. The third kappa shape index (κ3) is 6.06. The quantitative estimate of drug-likeness (QED) is 0.902. The SMILES string of the molecule is CC(NC(=O)OCC(F)(F)F)c1ccc(C(C)(C)C)cc1. The lowest BCUT2D eigenvalue weighted by Crippen LogP contribution is -2.31. The Morgan fingerprint density at radius 1 is 1.19 bits per heavy atom. The van der Waals surface area contributed by atoms with Crippen LogP contribution in [0.15, 0.2) is 24.3 Å².